The van der Waals surface area contributed by atoms with Crippen LogP contribution in [-0.2, 0) is 14.3 Å². The van der Waals surface area contributed by atoms with E-state index in [0.29, 0.717) is 18.9 Å². The molecule has 1 aliphatic heterocycles. The molecule has 2 atom stereocenters. The summed E-state index contributed by atoms with van der Waals surface area (Å²) in [6, 6.07) is -0.879. The highest BCUT2D eigenvalue weighted by molar-refractivity contribution is 5.87. The average molecular weight is 296 g/mol. The lowest BCUT2D eigenvalue weighted by Gasteiger charge is -2.37. The molecule has 1 saturated carbocycles. The second-order valence-corrected chi connectivity index (χ2v) is 5.46. The topological polar surface area (TPSA) is 95.9 Å². The van der Waals surface area contributed by atoms with Crippen LogP contribution in [0.3, 0.4) is 0 Å². The SMILES string of the molecule is COC(=O)/C=C/[C@H](CC1CC1)NC(=O)[C@@H]1CCN1C(=O)O. The van der Waals surface area contributed by atoms with Crippen molar-refractivity contribution in [2.45, 2.75) is 37.8 Å². The molecule has 2 N–H and O–H groups in total. The lowest BCUT2D eigenvalue weighted by Crippen LogP contribution is -2.59. The number of likely N-dealkylation sites (tertiary alicyclic amines) is 1. The number of nitrogens with one attached hydrogen (secondary N) is 1. The zero-order valence-corrected chi connectivity index (χ0v) is 11.9. The van der Waals surface area contributed by atoms with Gasteiger partial charge in [-0.05, 0) is 18.8 Å². The molecule has 2 aliphatic rings. The summed E-state index contributed by atoms with van der Waals surface area (Å²) in [4.78, 5) is 35.3. The highest BCUT2D eigenvalue weighted by atomic mass is 16.5. The van der Waals surface area contributed by atoms with E-state index >= 15 is 0 Å². The highest BCUT2D eigenvalue weighted by Gasteiger charge is 2.38. The number of carboxylic acid groups (broad SMARTS) is 1. The van der Waals surface area contributed by atoms with Crippen molar-refractivity contribution in [3.63, 3.8) is 0 Å². The zero-order chi connectivity index (χ0) is 15.4. The van der Waals surface area contributed by atoms with E-state index in [2.05, 4.69) is 10.1 Å². The van der Waals surface area contributed by atoms with Crippen molar-refractivity contribution in [2.24, 2.45) is 5.92 Å². The van der Waals surface area contributed by atoms with E-state index in [1.807, 2.05) is 0 Å². The van der Waals surface area contributed by atoms with Crippen LogP contribution in [-0.4, -0.2) is 53.7 Å². The van der Waals surface area contributed by atoms with Crippen molar-refractivity contribution >= 4 is 18.0 Å². The Morgan fingerprint density at radius 2 is 2.10 bits per heavy atom. The Balaban J connectivity index is 1.91. The first-order valence-electron chi connectivity index (χ1n) is 7.07. The number of ether oxygens (including phenoxy) is 1. The highest BCUT2D eigenvalue weighted by Crippen LogP contribution is 2.33. The minimum Gasteiger partial charge on any atom is -0.466 e. The van der Waals surface area contributed by atoms with E-state index in [1.54, 1.807) is 6.08 Å². The lowest BCUT2D eigenvalue weighted by atomic mass is 10.0. The van der Waals surface area contributed by atoms with Gasteiger partial charge in [0.15, 0.2) is 0 Å². The quantitative estimate of drug-likeness (QED) is 0.557. The van der Waals surface area contributed by atoms with Gasteiger partial charge in [0.1, 0.15) is 6.04 Å². The van der Waals surface area contributed by atoms with Crippen molar-refractivity contribution in [1.82, 2.24) is 10.2 Å². The molecular formula is C14H20N2O5. The molecule has 0 aromatic carbocycles. The molecule has 0 bridgehead atoms. The number of hydrogen-bond donors (Lipinski definition) is 2. The number of nitrogens with zero attached hydrogens (tertiary/aromatic N) is 1. The van der Waals surface area contributed by atoms with Crippen LogP contribution in [0, 0.1) is 5.92 Å². The molecule has 1 aliphatic carbocycles. The Kier molecular flexibility index (Phi) is 4.82. The van der Waals surface area contributed by atoms with Crippen molar-refractivity contribution in [1.29, 1.82) is 0 Å². The number of amides is 2. The molecular weight excluding hydrogens is 276 g/mol. The summed E-state index contributed by atoms with van der Waals surface area (Å²) >= 11 is 0. The van der Waals surface area contributed by atoms with Gasteiger partial charge in [-0.25, -0.2) is 9.59 Å². The van der Waals surface area contributed by atoms with Gasteiger partial charge in [-0.15, -0.1) is 0 Å². The summed E-state index contributed by atoms with van der Waals surface area (Å²) in [5.74, 6) is -0.209. The Morgan fingerprint density at radius 1 is 1.38 bits per heavy atom. The fourth-order valence-corrected chi connectivity index (χ4v) is 2.33. The number of carbonyl (C=O) groups excluding carboxylic acids is 2. The third-order valence-corrected chi connectivity index (χ3v) is 3.85. The fraction of sp³-hybridized carbons (Fsp3) is 0.643. The van der Waals surface area contributed by atoms with Gasteiger partial charge in [-0.2, -0.15) is 0 Å². The van der Waals surface area contributed by atoms with Gasteiger partial charge in [-0.1, -0.05) is 18.9 Å². The lowest BCUT2D eigenvalue weighted by molar-refractivity contribution is -0.135. The van der Waals surface area contributed by atoms with E-state index < -0.39 is 18.1 Å². The van der Waals surface area contributed by atoms with Crippen LogP contribution in [0.4, 0.5) is 4.79 Å². The number of carbonyl (C=O) groups is 3. The summed E-state index contributed by atoms with van der Waals surface area (Å²) in [5, 5.41) is 11.7. The molecule has 0 spiro atoms. The van der Waals surface area contributed by atoms with E-state index in [1.165, 1.54) is 13.2 Å². The number of rotatable bonds is 6. The van der Waals surface area contributed by atoms with Crippen LogP contribution < -0.4 is 5.32 Å². The maximum atomic E-state index is 12.1. The van der Waals surface area contributed by atoms with E-state index in [9.17, 15) is 14.4 Å². The van der Waals surface area contributed by atoms with Crippen LogP contribution in [0.5, 0.6) is 0 Å². The van der Waals surface area contributed by atoms with Gasteiger partial charge < -0.3 is 15.2 Å². The Bertz CT molecular complexity index is 458. The predicted octanol–water partition coefficient (Wildman–Crippen LogP) is 0.753. The Hall–Kier alpha value is -2.05. The van der Waals surface area contributed by atoms with Crippen molar-refractivity contribution in [3.8, 4) is 0 Å². The third kappa shape index (κ3) is 4.21. The fourth-order valence-electron chi connectivity index (χ4n) is 2.33. The van der Waals surface area contributed by atoms with Crippen LogP contribution in [0.15, 0.2) is 12.2 Å². The molecule has 0 aromatic rings. The first-order valence-corrected chi connectivity index (χ1v) is 7.07. The molecule has 0 aromatic heterocycles. The zero-order valence-electron chi connectivity index (χ0n) is 11.9. The molecule has 116 valence electrons. The molecule has 2 rings (SSSR count). The van der Waals surface area contributed by atoms with Gasteiger partial charge in [-0.3, -0.25) is 9.69 Å². The van der Waals surface area contributed by atoms with E-state index in [0.717, 1.165) is 24.2 Å². The number of esters is 1. The number of hydrogen-bond acceptors (Lipinski definition) is 4. The standard InChI is InChI=1S/C14H20N2O5/c1-21-12(17)5-4-10(8-9-2-3-9)15-13(18)11-6-7-16(11)14(19)20/h4-5,9-11H,2-3,6-8H2,1H3,(H,15,18)(H,19,20)/b5-4+/t10-,11+/m1/s1. The monoisotopic (exact) mass is 296 g/mol. The molecule has 2 amide bonds. The summed E-state index contributed by atoms with van der Waals surface area (Å²) in [6.45, 7) is 0.388. The Morgan fingerprint density at radius 3 is 2.57 bits per heavy atom. The summed E-state index contributed by atoms with van der Waals surface area (Å²) in [6.07, 6.45) is 5.39. The van der Waals surface area contributed by atoms with Gasteiger partial charge in [0, 0.05) is 18.7 Å². The molecule has 7 nitrogen and oxygen atoms in total. The minimum atomic E-state index is -1.08. The molecule has 7 heteroatoms. The molecule has 0 radical (unpaired) electrons. The molecule has 2 fully saturated rings. The summed E-state index contributed by atoms with van der Waals surface area (Å²) < 4.78 is 4.53. The van der Waals surface area contributed by atoms with Crippen molar-refractivity contribution in [3.05, 3.63) is 12.2 Å². The molecule has 1 saturated heterocycles. The molecule has 21 heavy (non-hydrogen) atoms. The van der Waals surface area contributed by atoms with Crippen molar-refractivity contribution < 1.29 is 24.2 Å². The second-order valence-electron chi connectivity index (χ2n) is 5.46. The summed E-state index contributed by atoms with van der Waals surface area (Å²) in [5.41, 5.74) is 0. The Labute approximate surface area is 122 Å². The maximum absolute atomic E-state index is 12.1. The van der Waals surface area contributed by atoms with Crippen LogP contribution >= 0.6 is 0 Å². The third-order valence-electron chi connectivity index (χ3n) is 3.85. The molecule has 0 unspecified atom stereocenters. The normalized spacial score (nSPS) is 22.5. The smallest absolute Gasteiger partial charge is 0.407 e. The van der Waals surface area contributed by atoms with Crippen LogP contribution in [0.1, 0.15) is 25.7 Å². The van der Waals surface area contributed by atoms with Gasteiger partial charge in [0.25, 0.3) is 0 Å². The second kappa shape index (κ2) is 6.60. The van der Waals surface area contributed by atoms with Gasteiger partial charge in [0.05, 0.1) is 7.11 Å². The summed E-state index contributed by atoms with van der Waals surface area (Å²) in [7, 11) is 1.29. The maximum Gasteiger partial charge on any atom is 0.407 e. The minimum absolute atomic E-state index is 0.264. The number of methoxy groups -OCH3 is 1. The molecule has 1 heterocycles. The first-order chi connectivity index (χ1) is 10.0. The van der Waals surface area contributed by atoms with Gasteiger partial charge in [0.2, 0.25) is 5.91 Å². The largest absolute Gasteiger partial charge is 0.466 e. The van der Waals surface area contributed by atoms with Crippen LogP contribution in [0.25, 0.3) is 0 Å². The van der Waals surface area contributed by atoms with E-state index in [4.69, 9.17) is 5.11 Å². The van der Waals surface area contributed by atoms with Crippen LogP contribution in [0.2, 0.25) is 0 Å². The first kappa shape index (κ1) is 15.3. The average Bonchev–Trinajstić information content (AvgIpc) is 3.17. The van der Waals surface area contributed by atoms with Crippen molar-refractivity contribution in [2.75, 3.05) is 13.7 Å². The van der Waals surface area contributed by atoms with E-state index in [-0.39, 0.29) is 11.9 Å². The van der Waals surface area contributed by atoms with Gasteiger partial charge >= 0.3 is 12.1 Å². The predicted molar refractivity (Wildman–Crippen MR) is 73.6 cm³/mol.